The van der Waals surface area contributed by atoms with E-state index in [1.165, 1.54) is 5.56 Å². The Bertz CT molecular complexity index is 735. The zero-order valence-electron chi connectivity index (χ0n) is 13.3. The average molecular weight is 306 g/mol. The maximum absolute atomic E-state index is 6.19. The first-order valence-electron chi connectivity index (χ1n) is 7.82. The lowest BCUT2D eigenvalue weighted by molar-refractivity contribution is 0.462. The van der Waals surface area contributed by atoms with Gasteiger partial charge in [-0.2, -0.15) is 0 Å². The van der Waals surface area contributed by atoms with E-state index in [-0.39, 0.29) is 6.04 Å². The number of hydrogen-bond acceptors (Lipinski definition) is 3. The van der Waals surface area contributed by atoms with E-state index in [1.54, 1.807) is 6.20 Å². The van der Waals surface area contributed by atoms with Crippen LogP contribution in [0.4, 0.5) is 5.69 Å². The van der Waals surface area contributed by atoms with Crippen LogP contribution in [-0.2, 0) is 13.1 Å². The van der Waals surface area contributed by atoms with Crippen LogP contribution in [0.3, 0.4) is 0 Å². The number of anilines is 1. The molecular formula is C19H22N4. The van der Waals surface area contributed by atoms with E-state index in [0.717, 1.165) is 29.9 Å². The Kier molecular flexibility index (Phi) is 4.74. The highest BCUT2D eigenvalue weighted by Crippen LogP contribution is 2.19. The fourth-order valence-electron chi connectivity index (χ4n) is 2.71. The number of para-hydroxylation sites is 1. The second-order valence-electron chi connectivity index (χ2n) is 5.75. The summed E-state index contributed by atoms with van der Waals surface area (Å²) < 4.78 is 2.09. The first-order chi connectivity index (χ1) is 11.2. The van der Waals surface area contributed by atoms with Crippen molar-refractivity contribution in [1.29, 1.82) is 0 Å². The predicted octanol–water partition coefficient (Wildman–Crippen LogP) is 3.30. The van der Waals surface area contributed by atoms with Gasteiger partial charge in [0.2, 0.25) is 0 Å². The van der Waals surface area contributed by atoms with Gasteiger partial charge in [0.25, 0.3) is 0 Å². The molecule has 118 valence electrons. The van der Waals surface area contributed by atoms with Gasteiger partial charge >= 0.3 is 0 Å². The van der Waals surface area contributed by atoms with Crippen LogP contribution >= 0.6 is 0 Å². The molecule has 0 aliphatic rings. The molecule has 0 saturated heterocycles. The molecule has 0 amide bonds. The van der Waals surface area contributed by atoms with E-state index in [2.05, 4.69) is 51.3 Å². The Morgan fingerprint density at radius 1 is 1.13 bits per heavy atom. The average Bonchev–Trinajstić information content (AvgIpc) is 3.09. The van der Waals surface area contributed by atoms with Crippen LogP contribution in [0.25, 0.3) is 0 Å². The van der Waals surface area contributed by atoms with Crippen molar-refractivity contribution in [2.24, 2.45) is 0 Å². The molecule has 23 heavy (non-hydrogen) atoms. The summed E-state index contributed by atoms with van der Waals surface area (Å²) in [6, 6.07) is 16.8. The van der Waals surface area contributed by atoms with Gasteiger partial charge in [0.1, 0.15) is 0 Å². The van der Waals surface area contributed by atoms with Gasteiger partial charge in [0, 0.05) is 31.2 Å². The van der Waals surface area contributed by atoms with Crippen molar-refractivity contribution >= 4 is 5.69 Å². The largest absolute Gasteiger partial charge is 0.398 e. The number of nitrogens with two attached hydrogens (primary N) is 1. The zero-order chi connectivity index (χ0) is 16.1. The Morgan fingerprint density at radius 3 is 2.70 bits per heavy atom. The highest BCUT2D eigenvalue weighted by atomic mass is 15.1. The first kappa shape index (κ1) is 15.3. The van der Waals surface area contributed by atoms with Crippen LogP contribution < -0.4 is 11.1 Å². The lowest BCUT2D eigenvalue weighted by Crippen LogP contribution is -2.25. The number of rotatable bonds is 6. The van der Waals surface area contributed by atoms with Crippen LogP contribution in [-0.4, -0.2) is 9.55 Å². The fraction of sp³-hybridized carbons (Fsp3) is 0.211. The van der Waals surface area contributed by atoms with Crippen molar-refractivity contribution in [3.63, 3.8) is 0 Å². The van der Waals surface area contributed by atoms with Gasteiger partial charge in [0.15, 0.2) is 0 Å². The molecule has 0 aliphatic carbocycles. The minimum absolute atomic E-state index is 0.199. The lowest BCUT2D eigenvalue weighted by Gasteiger charge is -2.21. The van der Waals surface area contributed by atoms with Crippen LogP contribution in [0.15, 0.2) is 67.3 Å². The molecule has 3 aromatic rings. The maximum atomic E-state index is 6.19. The summed E-state index contributed by atoms with van der Waals surface area (Å²) in [7, 11) is 0. The van der Waals surface area contributed by atoms with Crippen LogP contribution in [0.5, 0.6) is 0 Å². The van der Waals surface area contributed by atoms with E-state index < -0.39 is 0 Å². The van der Waals surface area contributed by atoms with Crippen molar-refractivity contribution < 1.29 is 0 Å². The molecule has 2 aromatic carbocycles. The Balaban J connectivity index is 1.77. The third-order valence-electron chi connectivity index (χ3n) is 4.11. The molecule has 1 heterocycles. The second-order valence-corrected chi connectivity index (χ2v) is 5.75. The SMILES string of the molecule is Cc1cccc(CNC(Cn2ccnc2)c2ccccc2)c1N. The molecule has 3 rings (SSSR count). The molecule has 1 unspecified atom stereocenters. The summed E-state index contributed by atoms with van der Waals surface area (Å²) in [4.78, 5) is 4.13. The van der Waals surface area contributed by atoms with Crippen LogP contribution in [0.1, 0.15) is 22.7 Å². The van der Waals surface area contributed by atoms with E-state index in [1.807, 2.05) is 31.6 Å². The summed E-state index contributed by atoms with van der Waals surface area (Å²) in [6.45, 7) is 3.61. The lowest BCUT2D eigenvalue weighted by atomic mass is 10.0. The maximum Gasteiger partial charge on any atom is 0.0946 e. The highest BCUT2D eigenvalue weighted by molar-refractivity contribution is 5.53. The molecule has 1 aromatic heterocycles. The molecule has 0 fully saturated rings. The summed E-state index contributed by atoms with van der Waals surface area (Å²) >= 11 is 0. The normalized spacial score (nSPS) is 12.2. The smallest absolute Gasteiger partial charge is 0.0946 e. The summed E-state index contributed by atoms with van der Waals surface area (Å²) in [5.74, 6) is 0. The van der Waals surface area contributed by atoms with Gasteiger partial charge in [-0.1, -0.05) is 48.5 Å². The van der Waals surface area contributed by atoms with E-state index in [9.17, 15) is 0 Å². The number of nitrogens with zero attached hydrogens (tertiary/aromatic N) is 2. The third kappa shape index (κ3) is 3.79. The number of benzene rings is 2. The number of aromatic nitrogens is 2. The van der Waals surface area contributed by atoms with Gasteiger partial charge in [0.05, 0.1) is 12.4 Å². The number of aryl methyl sites for hydroxylation is 1. The van der Waals surface area contributed by atoms with Gasteiger partial charge < -0.3 is 15.6 Å². The summed E-state index contributed by atoms with van der Waals surface area (Å²) in [5.41, 5.74) is 10.6. The second kappa shape index (κ2) is 7.11. The minimum atomic E-state index is 0.199. The Morgan fingerprint density at radius 2 is 1.96 bits per heavy atom. The molecule has 0 saturated carbocycles. The first-order valence-corrected chi connectivity index (χ1v) is 7.82. The molecule has 0 bridgehead atoms. The molecule has 3 N–H and O–H groups in total. The van der Waals surface area contributed by atoms with Crippen molar-refractivity contribution in [2.75, 3.05) is 5.73 Å². The van der Waals surface area contributed by atoms with Crippen molar-refractivity contribution in [2.45, 2.75) is 26.1 Å². The van der Waals surface area contributed by atoms with Gasteiger partial charge in [-0.25, -0.2) is 4.98 Å². The number of hydrogen-bond donors (Lipinski definition) is 2. The zero-order valence-corrected chi connectivity index (χ0v) is 13.3. The van der Waals surface area contributed by atoms with Crippen LogP contribution in [0.2, 0.25) is 0 Å². The topological polar surface area (TPSA) is 55.9 Å². The van der Waals surface area contributed by atoms with E-state index >= 15 is 0 Å². The Labute approximate surface area is 137 Å². The summed E-state index contributed by atoms with van der Waals surface area (Å²) in [6.07, 6.45) is 5.64. The van der Waals surface area contributed by atoms with Gasteiger partial charge in [-0.05, 0) is 23.6 Å². The molecular weight excluding hydrogens is 284 g/mol. The molecule has 0 aliphatic heterocycles. The highest BCUT2D eigenvalue weighted by Gasteiger charge is 2.12. The monoisotopic (exact) mass is 306 g/mol. The van der Waals surface area contributed by atoms with E-state index in [4.69, 9.17) is 5.73 Å². The molecule has 0 radical (unpaired) electrons. The predicted molar refractivity (Wildman–Crippen MR) is 93.8 cm³/mol. The molecule has 0 spiro atoms. The number of nitrogens with one attached hydrogen (secondary N) is 1. The van der Waals surface area contributed by atoms with Gasteiger partial charge in [-0.15, -0.1) is 0 Å². The van der Waals surface area contributed by atoms with E-state index in [0.29, 0.717) is 0 Å². The standard InChI is InChI=1S/C19H22N4/c1-15-6-5-9-17(19(15)20)12-22-18(13-23-11-10-21-14-23)16-7-3-2-4-8-16/h2-11,14,18,22H,12-13,20H2,1H3. The molecule has 4 heteroatoms. The molecule has 4 nitrogen and oxygen atoms in total. The van der Waals surface area contributed by atoms with Crippen molar-refractivity contribution in [3.8, 4) is 0 Å². The van der Waals surface area contributed by atoms with Crippen molar-refractivity contribution in [1.82, 2.24) is 14.9 Å². The number of nitrogen functional groups attached to an aromatic ring is 1. The van der Waals surface area contributed by atoms with Crippen molar-refractivity contribution in [3.05, 3.63) is 83.9 Å². The van der Waals surface area contributed by atoms with Gasteiger partial charge in [-0.3, -0.25) is 0 Å². The Hall–Kier alpha value is -2.59. The molecule has 1 atom stereocenters. The third-order valence-corrected chi connectivity index (χ3v) is 4.11. The van der Waals surface area contributed by atoms with Crippen LogP contribution in [0, 0.1) is 6.92 Å². The minimum Gasteiger partial charge on any atom is -0.398 e. The summed E-state index contributed by atoms with van der Waals surface area (Å²) in [5, 5.41) is 3.63. The fourth-order valence-corrected chi connectivity index (χ4v) is 2.71. The quantitative estimate of drug-likeness (QED) is 0.687. The number of imidazole rings is 1.